The lowest BCUT2D eigenvalue weighted by Crippen LogP contribution is -2.03. The first-order chi connectivity index (χ1) is 8.16. The van der Waals surface area contributed by atoms with E-state index in [2.05, 4.69) is 9.97 Å². The highest BCUT2D eigenvalue weighted by molar-refractivity contribution is 7.25. The van der Waals surface area contributed by atoms with Crippen LogP contribution in [0.15, 0.2) is 29.3 Å². The minimum Gasteiger partial charge on any atom is -0.312 e. The monoisotopic (exact) mass is 247 g/mol. The van der Waals surface area contributed by atoms with E-state index in [-0.39, 0.29) is 11.2 Å². The Labute approximate surface area is 97.7 Å². The van der Waals surface area contributed by atoms with E-state index in [1.165, 1.54) is 29.8 Å². The Bertz CT molecular complexity index is 805. The van der Waals surface area contributed by atoms with Crippen LogP contribution in [0.3, 0.4) is 0 Å². The Morgan fingerprint density at radius 1 is 1.41 bits per heavy atom. The van der Waals surface area contributed by atoms with Gasteiger partial charge in [0, 0.05) is 22.2 Å². The van der Waals surface area contributed by atoms with Gasteiger partial charge in [0.05, 0.1) is 16.8 Å². The second-order valence-electron chi connectivity index (χ2n) is 3.45. The molecule has 17 heavy (non-hydrogen) atoms. The van der Waals surface area contributed by atoms with Crippen molar-refractivity contribution in [3.63, 3.8) is 0 Å². The highest BCUT2D eigenvalue weighted by Crippen LogP contribution is 2.32. The number of fused-ring (bicyclic) bond motifs is 3. The Morgan fingerprint density at radius 3 is 3.00 bits per heavy atom. The lowest BCUT2D eigenvalue weighted by molar-refractivity contribution is -0.384. The molecular formula is C10H5N3O3S. The number of H-pyrrole nitrogens is 1. The molecule has 1 aromatic carbocycles. The van der Waals surface area contributed by atoms with Crippen LogP contribution in [0.5, 0.6) is 0 Å². The van der Waals surface area contributed by atoms with E-state index in [0.29, 0.717) is 14.9 Å². The molecule has 0 aliphatic carbocycles. The predicted molar refractivity (Wildman–Crippen MR) is 64.4 cm³/mol. The predicted octanol–water partition coefficient (Wildman–Crippen LogP) is 2.05. The van der Waals surface area contributed by atoms with Crippen molar-refractivity contribution in [1.82, 2.24) is 9.97 Å². The van der Waals surface area contributed by atoms with E-state index in [1.807, 2.05) is 0 Å². The molecule has 3 aromatic rings. The summed E-state index contributed by atoms with van der Waals surface area (Å²) >= 11 is 1.21. The van der Waals surface area contributed by atoms with Crippen molar-refractivity contribution in [1.29, 1.82) is 0 Å². The highest BCUT2D eigenvalue weighted by Gasteiger charge is 2.12. The van der Waals surface area contributed by atoms with Gasteiger partial charge in [-0.15, -0.1) is 11.3 Å². The molecular weight excluding hydrogens is 242 g/mol. The number of thiophene rings is 1. The van der Waals surface area contributed by atoms with Crippen molar-refractivity contribution in [2.24, 2.45) is 0 Å². The molecule has 0 radical (unpaired) electrons. The number of benzene rings is 1. The van der Waals surface area contributed by atoms with Gasteiger partial charge >= 0.3 is 0 Å². The van der Waals surface area contributed by atoms with Crippen LogP contribution in [0.4, 0.5) is 5.69 Å². The number of nitro groups is 1. The number of nitrogens with zero attached hydrogens (tertiary/aromatic N) is 2. The summed E-state index contributed by atoms with van der Waals surface area (Å²) in [5.74, 6) is 0. The fourth-order valence-electron chi connectivity index (χ4n) is 1.69. The molecule has 0 saturated heterocycles. The lowest BCUT2D eigenvalue weighted by atomic mass is 10.2. The molecule has 0 aliphatic rings. The summed E-state index contributed by atoms with van der Waals surface area (Å²) in [5, 5.41) is 11.4. The van der Waals surface area contributed by atoms with Gasteiger partial charge in [0.25, 0.3) is 11.2 Å². The number of nitrogens with one attached hydrogen (secondary N) is 1. The summed E-state index contributed by atoms with van der Waals surface area (Å²) in [6, 6.07) is 4.50. The van der Waals surface area contributed by atoms with Crippen LogP contribution in [0, 0.1) is 10.1 Å². The van der Waals surface area contributed by atoms with E-state index in [1.54, 1.807) is 6.07 Å². The molecule has 84 valence electrons. The summed E-state index contributed by atoms with van der Waals surface area (Å²) in [4.78, 5) is 28.3. The molecule has 7 heteroatoms. The second-order valence-corrected chi connectivity index (χ2v) is 4.50. The van der Waals surface area contributed by atoms with E-state index in [9.17, 15) is 14.9 Å². The summed E-state index contributed by atoms with van der Waals surface area (Å²) in [6.07, 6.45) is 1.33. The van der Waals surface area contributed by atoms with Crippen molar-refractivity contribution in [2.45, 2.75) is 0 Å². The summed E-state index contributed by atoms with van der Waals surface area (Å²) in [6.45, 7) is 0. The van der Waals surface area contributed by atoms with Gasteiger partial charge in [-0.3, -0.25) is 14.9 Å². The Kier molecular flexibility index (Phi) is 1.96. The number of aromatic nitrogens is 2. The number of non-ortho nitro benzene ring substituents is 1. The van der Waals surface area contributed by atoms with Crippen LogP contribution < -0.4 is 5.56 Å². The van der Waals surface area contributed by atoms with Crippen LogP contribution >= 0.6 is 11.3 Å². The fourth-order valence-corrected chi connectivity index (χ4v) is 2.77. The summed E-state index contributed by atoms with van der Waals surface area (Å²) in [7, 11) is 0. The minimum absolute atomic E-state index is 0.0143. The van der Waals surface area contributed by atoms with Gasteiger partial charge < -0.3 is 4.98 Å². The molecule has 1 N–H and O–H groups in total. The van der Waals surface area contributed by atoms with Gasteiger partial charge in [-0.2, -0.15) is 0 Å². The van der Waals surface area contributed by atoms with Gasteiger partial charge in [0.2, 0.25) is 0 Å². The zero-order chi connectivity index (χ0) is 12.0. The minimum atomic E-state index is -0.457. The second kappa shape index (κ2) is 3.36. The van der Waals surface area contributed by atoms with Crippen molar-refractivity contribution in [3.8, 4) is 0 Å². The van der Waals surface area contributed by atoms with Crippen LogP contribution in [0.1, 0.15) is 0 Å². The molecule has 0 atom stereocenters. The first-order valence-corrected chi connectivity index (χ1v) is 5.53. The fraction of sp³-hybridized carbons (Fsp3) is 0. The zero-order valence-electron chi connectivity index (χ0n) is 8.34. The SMILES string of the molecule is O=c1[nH]cnc2c1sc1cc([N+](=O)[O-])ccc12. The zero-order valence-corrected chi connectivity index (χ0v) is 9.15. The number of rotatable bonds is 1. The Morgan fingerprint density at radius 2 is 2.24 bits per heavy atom. The molecule has 2 aromatic heterocycles. The average Bonchev–Trinajstić information content (AvgIpc) is 2.68. The first kappa shape index (κ1) is 9.91. The molecule has 6 nitrogen and oxygen atoms in total. The Balaban J connectivity index is 2.47. The van der Waals surface area contributed by atoms with Crippen LogP contribution in [0.25, 0.3) is 20.3 Å². The van der Waals surface area contributed by atoms with Crippen LogP contribution in [-0.4, -0.2) is 14.9 Å². The highest BCUT2D eigenvalue weighted by atomic mass is 32.1. The number of hydrogen-bond acceptors (Lipinski definition) is 5. The Hall–Kier alpha value is -2.28. The molecule has 0 spiro atoms. The van der Waals surface area contributed by atoms with Gasteiger partial charge in [-0.25, -0.2) is 4.98 Å². The molecule has 0 amide bonds. The molecule has 0 aliphatic heterocycles. The molecule has 0 fully saturated rings. The van der Waals surface area contributed by atoms with E-state index in [4.69, 9.17) is 0 Å². The maximum atomic E-state index is 11.5. The third kappa shape index (κ3) is 1.40. The molecule has 3 rings (SSSR count). The lowest BCUT2D eigenvalue weighted by Gasteiger charge is -1.91. The molecule has 2 heterocycles. The first-order valence-electron chi connectivity index (χ1n) is 4.71. The normalized spacial score (nSPS) is 11.1. The molecule has 0 unspecified atom stereocenters. The van der Waals surface area contributed by atoms with Crippen molar-refractivity contribution in [3.05, 3.63) is 45.0 Å². The number of hydrogen-bond donors (Lipinski definition) is 1. The van der Waals surface area contributed by atoms with Gasteiger partial charge in [0.1, 0.15) is 4.70 Å². The van der Waals surface area contributed by atoms with Crippen LogP contribution in [0.2, 0.25) is 0 Å². The maximum absolute atomic E-state index is 11.5. The van der Waals surface area contributed by atoms with E-state index >= 15 is 0 Å². The van der Waals surface area contributed by atoms with Gasteiger partial charge in [-0.1, -0.05) is 0 Å². The number of aromatic amines is 1. The van der Waals surface area contributed by atoms with Crippen molar-refractivity contribution >= 4 is 37.3 Å². The standard InChI is InChI=1S/C10H5N3O3S/c14-10-9-8(11-4-12-10)6-2-1-5(13(15)16)3-7(6)17-9/h1-4H,(H,11,12,14). The van der Waals surface area contributed by atoms with E-state index in [0.717, 1.165) is 5.39 Å². The topological polar surface area (TPSA) is 88.9 Å². The molecule has 0 saturated carbocycles. The van der Waals surface area contributed by atoms with E-state index < -0.39 is 4.92 Å². The largest absolute Gasteiger partial charge is 0.312 e. The van der Waals surface area contributed by atoms with Crippen molar-refractivity contribution in [2.75, 3.05) is 0 Å². The smallest absolute Gasteiger partial charge is 0.270 e. The maximum Gasteiger partial charge on any atom is 0.270 e. The summed E-state index contributed by atoms with van der Waals surface area (Å²) < 4.78 is 1.18. The van der Waals surface area contributed by atoms with Gasteiger partial charge in [0.15, 0.2) is 0 Å². The average molecular weight is 247 g/mol. The quantitative estimate of drug-likeness (QED) is 0.526. The summed E-state index contributed by atoms with van der Waals surface area (Å²) in [5.41, 5.74) is 0.378. The third-order valence-corrected chi connectivity index (χ3v) is 3.59. The van der Waals surface area contributed by atoms with Crippen LogP contribution in [-0.2, 0) is 0 Å². The van der Waals surface area contributed by atoms with Gasteiger partial charge in [-0.05, 0) is 6.07 Å². The number of nitro benzene ring substituents is 1. The third-order valence-electron chi connectivity index (χ3n) is 2.45. The molecule has 0 bridgehead atoms. The van der Waals surface area contributed by atoms with Crippen molar-refractivity contribution < 1.29 is 4.92 Å².